The smallest absolute Gasteiger partial charge is 0.275 e. The van der Waals surface area contributed by atoms with Crippen molar-refractivity contribution in [3.63, 3.8) is 0 Å². The fourth-order valence-electron chi connectivity index (χ4n) is 3.86. The zero-order valence-electron chi connectivity index (χ0n) is 12.6. The van der Waals surface area contributed by atoms with E-state index >= 15 is 0 Å². The Hall–Kier alpha value is -2.53. The molecule has 6 heteroatoms. The minimum absolute atomic E-state index is 0.0291. The van der Waals surface area contributed by atoms with Crippen molar-refractivity contribution >= 4 is 23.0 Å². The highest BCUT2D eigenvalue weighted by Gasteiger charge is 2.42. The van der Waals surface area contributed by atoms with Gasteiger partial charge in [0.1, 0.15) is 5.75 Å². The van der Waals surface area contributed by atoms with E-state index in [0.29, 0.717) is 16.3 Å². The van der Waals surface area contributed by atoms with Crippen LogP contribution in [-0.2, 0) is 0 Å². The summed E-state index contributed by atoms with van der Waals surface area (Å²) < 4.78 is 0. The number of phenolic OH excluding ortho intramolecular Hbond substituents is 1. The molecule has 0 bridgehead atoms. The average Bonchev–Trinajstić information content (AvgIpc) is 3.04. The number of allylic oxidation sites excluding steroid dienone is 2. The molecule has 2 aliphatic rings. The van der Waals surface area contributed by atoms with Crippen molar-refractivity contribution in [3.05, 3.63) is 74.8 Å². The van der Waals surface area contributed by atoms with Crippen molar-refractivity contribution in [3.8, 4) is 5.75 Å². The first-order valence-corrected chi connectivity index (χ1v) is 8.13. The summed E-state index contributed by atoms with van der Waals surface area (Å²) >= 11 is 6.12. The Balaban J connectivity index is 1.88. The van der Waals surface area contributed by atoms with Crippen molar-refractivity contribution in [2.24, 2.45) is 5.92 Å². The summed E-state index contributed by atoms with van der Waals surface area (Å²) in [6.45, 7) is 0. The van der Waals surface area contributed by atoms with Crippen LogP contribution in [-0.4, -0.2) is 10.0 Å². The van der Waals surface area contributed by atoms with Crippen LogP contribution >= 0.6 is 11.6 Å². The predicted octanol–water partition coefficient (Wildman–Crippen LogP) is 4.78. The highest BCUT2D eigenvalue weighted by Crippen LogP contribution is 2.54. The average molecular weight is 343 g/mol. The van der Waals surface area contributed by atoms with Gasteiger partial charge in [-0.3, -0.25) is 10.1 Å². The molecule has 3 unspecified atom stereocenters. The standard InChI is InChI=1S/C18H15ClN2O3/c19-11-4-1-3-10(9-11)17-13-6-2-5-12(13)16-14(21(23)24)7-8-15(22)18(16)20-17/h1-5,7-9,12-13,17,20,22H,6H2. The molecule has 2 aromatic rings. The van der Waals surface area contributed by atoms with E-state index in [9.17, 15) is 15.2 Å². The number of rotatable bonds is 2. The minimum Gasteiger partial charge on any atom is -0.506 e. The molecule has 24 heavy (non-hydrogen) atoms. The molecule has 1 aliphatic carbocycles. The van der Waals surface area contributed by atoms with Crippen molar-refractivity contribution in [1.82, 2.24) is 0 Å². The van der Waals surface area contributed by atoms with Crippen LogP contribution in [0, 0.1) is 16.0 Å². The third kappa shape index (κ3) is 2.24. The first-order chi connectivity index (χ1) is 11.6. The van der Waals surface area contributed by atoms with Crippen molar-refractivity contribution < 1.29 is 10.0 Å². The van der Waals surface area contributed by atoms with Crippen LogP contribution < -0.4 is 5.32 Å². The summed E-state index contributed by atoms with van der Waals surface area (Å²) in [5.41, 5.74) is 2.07. The number of phenols is 1. The van der Waals surface area contributed by atoms with Gasteiger partial charge in [-0.05, 0) is 36.1 Å². The number of nitrogens with one attached hydrogen (secondary N) is 1. The molecule has 5 nitrogen and oxygen atoms in total. The van der Waals surface area contributed by atoms with Crippen LogP contribution in [0.4, 0.5) is 11.4 Å². The molecule has 1 heterocycles. The Kier molecular flexibility index (Phi) is 3.46. The molecule has 0 spiro atoms. The van der Waals surface area contributed by atoms with E-state index in [0.717, 1.165) is 12.0 Å². The van der Waals surface area contributed by atoms with Crippen molar-refractivity contribution in [2.75, 3.05) is 5.32 Å². The Morgan fingerprint density at radius 3 is 2.88 bits per heavy atom. The number of aromatic hydroxyl groups is 1. The molecule has 0 radical (unpaired) electrons. The first kappa shape index (κ1) is 15.0. The zero-order chi connectivity index (χ0) is 16.8. The molecular formula is C18H15ClN2O3. The Morgan fingerprint density at radius 2 is 2.12 bits per heavy atom. The van der Waals surface area contributed by atoms with Gasteiger partial charge in [0, 0.05) is 17.0 Å². The van der Waals surface area contributed by atoms with Gasteiger partial charge in [-0.15, -0.1) is 0 Å². The summed E-state index contributed by atoms with van der Waals surface area (Å²) in [4.78, 5) is 11.0. The van der Waals surface area contributed by atoms with Crippen LogP contribution in [0.5, 0.6) is 5.75 Å². The molecule has 4 rings (SSSR count). The van der Waals surface area contributed by atoms with Crippen LogP contribution in [0.1, 0.15) is 29.5 Å². The Bertz CT molecular complexity index is 865. The molecule has 122 valence electrons. The van der Waals surface area contributed by atoms with Gasteiger partial charge < -0.3 is 10.4 Å². The Labute approximate surface area is 143 Å². The Morgan fingerprint density at radius 1 is 1.29 bits per heavy atom. The van der Waals surface area contributed by atoms with Gasteiger partial charge in [0.2, 0.25) is 0 Å². The highest BCUT2D eigenvalue weighted by molar-refractivity contribution is 6.30. The molecule has 1 aliphatic heterocycles. The SMILES string of the molecule is O=[N+]([O-])c1ccc(O)c2c1C1C=CCC1C(c1cccc(Cl)c1)N2. The van der Waals surface area contributed by atoms with E-state index in [2.05, 4.69) is 11.4 Å². The second-order valence-corrected chi connectivity index (χ2v) is 6.62. The maximum atomic E-state index is 11.4. The number of nitro benzene ring substituents is 1. The van der Waals surface area contributed by atoms with Crippen LogP contribution in [0.3, 0.4) is 0 Å². The van der Waals surface area contributed by atoms with Gasteiger partial charge in [0.15, 0.2) is 0 Å². The van der Waals surface area contributed by atoms with Crippen molar-refractivity contribution in [1.29, 1.82) is 0 Å². The molecule has 0 saturated carbocycles. The number of benzene rings is 2. The van der Waals surface area contributed by atoms with E-state index in [-0.39, 0.29) is 34.2 Å². The first-order valence-electron chi connectivity index (χ1n) is 7.75. The number of hydrogen-bond donors (Lipinski definition) is 2. The second kappa shape index (κ2) is 5.53. The lowest BCUT2D eigenvalue weighted by Crippen LogP contribution is -2.29. The maximum Gasteiger partial charge on any atom is 0.275 e. The highest BCUT2D eigenvalue weighted by atomic mass is 35.5. The second-order valence-electron chi connectivity index (χ2n) is 6.18. The summed E-state index contributed by atoms with van der Waals surface area (Å²) in [6, 6.07) is 10.3. The monoisotopic (exact) mass is 342 g/mol. The normalized spacial score (nSPS) is 24.1. The van der Waals surface area contributed by atoms with Gasteiger partial charge in [-0.1, -0.05) is 35.9 Å². The molecule has 0 saturated heterocycles. The molecule has 0 fully saturated rings. The number of nitro groups is 1. The third-order valence-corrected chi connectivity index (χ3v) is 5.11. The van der Waals surface area contributed by atoms with Crippen LogP contribution in [0.2, 0.25) is 5.02 Å². The van der Waals surface area contributed by atoms with Crippen LogP contribution in [0.25, 0.3) is 0 Å². The molecule has 0 amide bonds. The van der Waals surface area contributed by atoms with Crippen molar-refractivity contribution in [2.45, 2.75) is 18.4 Å². The largest absolute Gasteiger partial charge is 0.506 e. The number of hydrogen-bond acceptors (Lipinski definition) is 4. The number of fused-ring (bicyclic) bond motifs is 3. The van der Waals surface area contributed by atoms with Gasteiger partial charge in [-0.25, -0.2) is 0 Å². The third-order valence-electron chi connectivity index (χ3n) is 4.88. The van der Waals surface area contributed by atoms with E-state index in [4.69, 9.17) is 11.6 Å². The van der Waals surface area contributed by atoms with Gasteiger partial charge in [0.05, 0.1) is 22.2 Å². The van der Waals surface area contributed by atoms with E-state index in [1.807, 2.05) is 30.3 Å². The lowest BCUT2D eigenvalue weighted by atomic mass is 9.76. The summed E-state index contributed by atoms with van der Waals surface area (Å²) in [5, 5.41) is 25.7. The summed E-state index contributed by atoms with van der Waals surface area (Å²) in [6.07, 6.45) is 4.88. The lowest BCUT2D eigenvalue weighted by molar-refractivity contribution is -0.385. The van der Waals surface area contributed by atoms with E-state index < -0.39 is 0 Å². The van der Waals surface area contributed by atoms with Gasteiger partial charge >= 0.3 is 0 Å². The lowest BCUT2D eigenvalue weighted by Gasteiger charge is -2.37. The maximum absolute atomic E-state index is 11.4. The van der Waals surface area contributed by atoms with Gasteiger partial charge in [-0.2, -0.15) is 0 Å². The van der Waals surface area contributed by atoms with Crippen LogP contribution in [0.15, 0.2) is 48.6 Å². The number of nitrogens with zero attached hydrogens (tertiary/aromatic N) is 1. The molecule has 3 atom stereocenters. The molecule has 0 aromatic heterocycles. The quantitative estimate of drug-likeness (QED) is 0.356. The van der Waals surface area contributed by atoms with E-state index in [1.54, 1.807) is 0 Å². The zero-order valence-corrected chi connectivity index (χ0v) is 13.4. The number of anilines is 1. The van der Waals surface area contributed by atoms with E-state index in [1.165, 1.54) is 12.1 Å². The van der Waals surface area contributed by atoms with Gasteiger partial charge in [0.25, 0.3) is 5.69 Å². The minimum atomic E-state index is -0.386. The molecule has 2 aromatic carbocycles. The number of halogens is 1. The molecular weight excluding hydrogens is 328 g/mol. The fraction of sp³-hybridized carbons (Fsp3) is 0.222. The molecule has 2 N–H and O–H groups in total. The topological polar surface area (TPSA) is 75.4 Å². The summed E-state index contributed by atoms with van der Waals surface area (Å²) in [7, 11) is 0. The predicted molar refractivity (Wildman–Crippen MR) is 92.6 cm³/mol. The fourth-order valence-corrected chi connectivity index (χ4v) is 4.06. The summed E-state index contributed by atoms with van der Waals surface area (Å²) in [5.74, 6) is 0.0792.